The maximum atomic E-state index is 13.3. The fraction of sp³-hybridized carbons (Fsp3) is 0.0952. The highest BCUT2D eigenvalue weighted by molar-refractivity contribution is 14.1. The molecule has 3 rings (SSSR count). The lowest BCUT2D eigenvalue weighted by molar-refractivity contribution is -0.114. The van der Waals surface area contributed by atoms with Gasteiger partial charge in [0.25, 0.3) is 10.0 Å². The fourth-order valence-electron chi connectivity index (χ4n) is 2.65. The third-order valence-electron chi connectivity index (χ3n) is 4.12. The molecule has 0 fully saturated rings. The van der Waals surface area contributed by atoms with E-state index < -0.39 is 15.9 Å². The molecular formula is C21H18ClIN2O3S. The van der Waals surface area contributed by atoms with Gasteiger partial charge >= 0.3 is 0 Å². The van der Waals surface area contributed by atoms with E-state index in [2.05, 4.69) is 27.9 Å². The van der Waals surface area contributed by atoms with E-state index in [1.54, 1.807) is 42.5 Å². The first-order valence-electron chi connectivity index (χ1n) is 8.66. The largest absolute Gasteiger partial charge is 0.325 e. The Balaban J connectivity index is 1.93. The third kappa shape index (κ3) is 5.49. The summed E-state index contributed by atoms with van der Waals surface area (Å²) in [5.74, 6) is -0.457. The molecule has 1 N–H and O–H groups in total. The summed E-state index contributed by atoms with van der Waals surface area (Å²) in [6.07, 6.45) is 0. The number of carbonyl (C=O) groups is 1. The van der Waals surface area contributed by atoms with Crippen molar-refractivity contribution in [3.63, 3.8) is 0 Å². The Labute approximate surface area is 188 Å². The van der Waals surface area contributed by atoms with E-state index in [9.17, 15) is 13.2 Å². The van der Waals surface area contributed by atoms with E-state index in [1.165, 1.54) is 18.2 Å². The molecule has 0 unspecified atom stereocenters. The van der Waals surface area contributed by atoms with Crippen molar-refractivity contribution in [2.75, 3.05) is 16.2 Å². The van der Waals surface area contributed by atoms with E-state index in [-0.39, 0.29) is 11.4 Å². The highest BCUT2D eigenvalue weighted by Crippen LogP contribution is 2.26. The minimum absolute atomic E-state index is 0.102. The van der Waals surface area contributed by atoms with Gasteiger partial charge in [0.15, 0.2) is 0 Å². The van der Waals surface area contributed by atoms with E-state index in [0.29, 0.717) is 16.4 Å². The van der Waals surface area contributed by atoms with Crippen LogP contribution in [0.15, 0.2) is 77.7 Å². The van der Waals surface area contributed by atoms with Crippen LogP contribution in [0.4, 0.5) is 11.4 Å². The zero-order valence-corrected chi connectivity index (χ0v) is 19.2. The first kappa shape index (κ1) is 21.6. The molecule has 3 aromatic rings. The van der Waals surface area contributed by atoms with Crippen molar-refractivity contribution >= 4 is 61.5 Å². The summed E-state index contributed by atoms with van der Waals surface area (Å²) in [6.45, 7) is 1.49. The Morgan fingerprint density at radius 3 is 2.31 bits per heavy atom. The second-order valence-electron chi connectivity index (χ2n) is 6.36. The fourth-order valence-corrected chi connectivity index (χ4v) is 4.60. The van der Waals surface area contributed by atoms with Gasteiger partial charge < -0.3 is 5.32 Å². The van der Waals surface area contributed by atoms with Crippen LogP contribution in [0.25, 0.3) is 0 Å². The van der Waals surface area contributed by atoms with Crippen LogP contribution in [0, 0.1) is 10.5 Å². The first-order valence-corrected chi connectivity index (χ1v) is 11.6. The number of nitrogens with zero attached hydrogens (tertiary/aromatic N) is 1. The van der Waals surface area contributed by atoms with E-state index in [4.69, 9.17) is 11.6 Å². The zero-order valence-electron chi connectivity index (χ0n) is 15.5. The van der Waals surface area contributed by atoms with Crippen molar-refractivity contribution in [2.45, 2.75) is 11.8 Å². The van der Waals surface area contributed by atoms with Crippen molar-refractivity contribution in [3.8, 4) is 0 Å². The van der Waals surface area contributed by atoms with Gasteiger partial charge in [0, 0.05) is 14.3 Å². The minimum atomic E-state index is -3.97. The molecule has 0 heterocycles. The van der Waals surface area contributed by atoms with Crippen LogP contribution in [-0.4, -0.2) is 20.9 Å². The topological polar surface area (TPSA) is 66.5 Å². The number of carbonyl (C=O) groups excluding carboxylic acids is 1. The standard InChI is InChI=1S/C21H18ClIN2O3S/c1-15-5-11-20(12-6-15)29(27,28)25(19-4-2-3-16(22)13-19)14-21(26)24-18-9-7-17(23)8-10-18/h2-13H,14H2,1H3,(H,24,26). The van der Waals surface area contributed by atoms with Crippen LogP contribution in [0.3, 0.4) is 0 Å². The summed E-state index contributed by atoms with van der Waals surface area (Å²) in [5, 5.41) is 3.11. The Hall–Kier alpha value is -2.10. The molecule has 0 atom stereocenters. The molecule has 8 heteroatoms. The van der Waals surface area contributed by atoms with Gasteiger partial charge in [0.05, 0.1) is 10.6 Å². The zero-order chi connectivity index (χ0) is 21.0. The first-order chi connectivity index (χ1) is 13.8. The van der Waals surface area contributed by atoms with Gasteiger partial charge in [-0.05, 0) is 84.1 Å². The molecule has 0 aliphatic carbocycles. The Bertz CT molecular complexity index is 1120. The number of hydrogen-bond donors (Lipinski definition) is 1. The van der Waals surface area contributed by atoms with Crippen molar-refractivity contribution in [3.05, 3.63) is 87.0 Å². The van der Waals surface area contributed by atoms with E-state index in [0.717, 1.165) is 13.4 Å². The lowest BCUT2D eigenvalue weighted by Crippen LogP contribution is -2.38. The van der Waals surface area contributed by atoms with Gasteiger partial charge in [-0.2, -0.15) is 0 Å². The van der Waals surface area contributed by atoms with Crippen molar-refractivity contribution < 1.29 is 13.2 Å². The van der Waals surface area contributed by atoms with Crippen LogP contribution in [-0.2, 0) is 14.8 Å². The Morgan fingerprint density at radius 1 is 1.03 bits per heavy atom. The van der Waals surface area contributed by atoms with Crippen LogP contribution < -0.4 is 9.62 Å². The summed E-state index contributed by atoms with van der Waals surface area (Å²) in [7, 11) is -3.97. The average molecular weight is 541 g/mol. The average Bonchev–Trinajstić information content (AvgIpc) is 2.68. The molecule has 0 bridgehead atoms. The second kappa shape index (κ2) is 9.15. The summed E-state index contributed by atoms with van der Waals surface area (Å²) < 4.78 is 28.7. The highest BCUT2D eigenvalue weighted by atomic mass is 127. The van der Waals surface area contributed by atoms with Crippen LogP contribution in [0.2, 0.25) is 5.02 Å². The Kier molecular flexibility index (Phi) is 6.81. The molecule has 0 aromatic heterocycles. The molecule has 0 saturated carbocycles. The number of anilines is 2. The van der Waals surface area contributed by atoms with Crippen LogP contribution >= 0.6 is 34.2 Å². The molecule has 0 aliphatic heterocycles. The smallest absolute Gasteiger partial charge is 0.264 e. The SMILES string of the molecule is Cc1ccc(S(=O)(=O)N(CC(=O)Nc2ccc(I)cc2)c2cccc(Cl)c2)cc1. The van der Waals surface area contributed by atoms with Gasteiger partial charge in [-0.3, -0.25) is 9.10 Å². The predicted molar refractivity (Wildman–Crippen MR) is 125 cm³/mol. The summed E-state index contributed by atoms with van der Waals surface area (Å²) >= 11 is 8.23. The van der Waals surface area contributed by atoms with E-state index in [1.807, 2.05) is 19.1 Å². The summed E-state index contributed by atoms with van der Waals surface area (Å²) in [5.41, 5.74) is 1.85. The predicted octanol–water partition coefficient (Wildman–Crippen LogP) is 5.09. The molecule has 0 spiro atoms. The molecular weight excluding hydrogens is 523 g/mol. The molecule has 0 saturated heterocycles. The molecule has 1 amide bonds. The number of rotatable bonds is 6. The van der Waals surface area contributed by atoms with Gasteiger partial charge in [-0.25, -0.2) is 8.42 Å². The summed E-state index contributed by atoms with van der Waals surface area (Å²) in [6, 6.07) is 20.1. The summed E-state index contributed by atoms with van der Waals surface area (Å²) in [4.78, 5) is 12.7. The maximum absolute atomic E-state index is 13.3. The van der Waals surface area contributed by atoms with Crippen molar-refractivity contribution in [1.29, 1.82) is 0 Å². The third-order valence-corrected chi connectivity index (χ3v) is 6.86. The normalized spacial score (nSPS) is 11.1. The minimum Gasteiger partial charge on any atom is -0.325 e. The monoisotopic (exact) mass is 540 g/mol. The second-order valence-corrected chi connectivity index (χ2v) is 9.90. The molecule has 3 aromatic carbocycles. The highest BCUT2D eigenvalue weighted by Gasteiger charge is 2.27. The molecule has 150 valence electrons. The number of nitrogens with one attached hydrogen (secondary N) is 1. The van der Waals surface area contributed by atoms with Crippen molar-refractivity contribution in [1.82, 2.24) is 0 Å². The lowest BCUT2D eigenvalue weighted by atomic mass is 10.2. The number of halogens is 2. The number of amides is 1. The molecule has 29 heavy (non-hydrogen) atoms. The van der Waals surface area contributed by atoms with Gasteiger partial charge in [0.1, 0.15) is 6.54 Å². The van der Waals surface area contributed by atoms with Crippen molar-refractivity contribution in [2.24, 2.45) is 0 Å². The van der Waals surface area contributed by atoms with Gasteiger partial charge in [-0.1, -0.05) is 35.4 Å². The van der Waals surface area contributed by atoms with E-state index >= 15 is 0 Å². The maximum Gasteiger partial charge on any atom is 0.264 e. The Morgan fingerprint density at radius 2 is 1.69 bits per heavy atom. The molecule has 0 radical (unpaired) electrons. The quantitative estimate of drug-likeness (QED) is 0.443. The van der Waals surface area contributed by atoms with Crippen LogP contribution in [0.5, 0.6) is 0 Å². The number of benzene rings is 3. The number of hydrogen-bond acceptors (Lipinski definition) is 3. The molecule has 5 nitrogen and oxygen atoms in total. The number of aryl methyl sites for hydroxylation is 1. The lowest BCUT2D eigenvalue weighted by Gasteiger charge is -2.24. The number of sulfonamides is 1. The van der Waals surface area contributed by atoms with Gasteiger partial charge in [-0.15, -0.1) is 0 Å². The molecule has 0 aliphatic rings. The van der Waals surface area contributed by atoms with Crippen LogP contribution in [0.1, 0.15) is 5.56 Å². The van der Waals surface area contributed by atoms with Gasteiger partial charge in [0.2, 0.25) is 5.91 Å².